The Balaban J connectivity index is 2.87. The maximum Gasteiger partial charge on any atom is 0.233 e. The van der Waals surface area contributed by atoms with E-state index in [0.717, 1.165) is 5.41 Å². The summed E-state index contributed by atoms with van der Waals surface area (Å²) in [5, 5.41) is 0.763. The van der Waals surface area contributed by atoms with Crippen LogP contribution in [0.25, 0.3) is 0 Å². The number of nitrogens with one attached hydrogen (secondary N) is 1. The predicted molar refractivity (Wildman–Crippen MR) is 57.4 cm³/mol. The second-order valence-electron chi connectivity index (χ2n) is 2.95. The fourth-order valence-corrected chi connectivity index (χ4v) is 1.81. The van der Waals surface area contributed by atoms with Crippen molar-refractivity contribution in [1.29, 1.82) is 0 Å². The third-order valence-electron chi connectivity index (χ3n) is 1.88. The molecular weight excluding hydrogens is 217 g/mol. The molecular formula is C10H12FNO2S. The first-order valence-electron chi connectivity index (χ1n) is 4.34. The Labute approximate surface area is 88.7 Å². The van der Waals surface area contributed by atoms with E-state index in [1.807, 2.05) is 0 Å². The van der Waals surface area contributed by atoms with Gasteiger partial charge in [0.1, 0.15) is 6.67 Å². The first kappa shape index (κ1) is 11.9. The fraction of sp³-hybridized carbons (Fsp3) is 0.200. The van der Waals surface area contributed by atoms with Crippen LogP contribution in [-0.2, 0) is 10.0 Å². The lowest BCUT2D eigenvalue weighted by molar-refractivity contribution is 0.415. The van der Waals surface area contributed by atoms with Crippen molar-refractivity contribution in [3.63, 3.8) is 0 Å². The number of hydrogen-bond donors (Lipinski definition) is 1. The Morgan fingerprint density at radius 2 is 2.00 bits per heavy atom. The molecule has 0 heterocycles. The van der Waals surface area contributed by atoms with Crippen LogP contribution < -0.4 is 4.72 Å². The molecule has 5 heteroatoms. The molecule has 0 bridgehead atoms. The van der Waals surface area contributed by atoms with Crippen LogP contribution in [0.2, 0.25) is 0 Å². The Morgan fingerprint density at radius 1 is 1.40 bits per heavy atom. The van der Waals surface area contributed by atoms with Crippen LogP contribution in [0.1, 0.15) is 11.6 Å². The van der Waals surface area contributed by atoms with Gasteiger partial charge >= 0.3 is 0 Å². The van der Waals surface area contributed by atoms with Gasteiger partial charge in [-0.1, -0.05) is 36.9 Å². The number of benzene rings is 1. The van der Waals surface area contributed by atoms with Crippen molar-refractivity contribution in [2.75, 3.05) is 6.67 Å². The highest BCUT2D eigenvalue weighted by Gasteiger charge is 2.16. The summed E-state index contributed by atoms with van der Waals surface area (Å²) in [5.41, 5.74) is 0.588. The molecule has 0 saturated carbocycles. The van der Waals surface area contributed by atoms with Crippen LogP contribution in [0, 0.1) is 0 Å². The Morgan fingerprint density at radius 3 is 2.47 bits per heavy atom. The van der Waals surface area contributed by atoms with Gasteiger partial charge in [0.25, 0.3) is 0 Å². The molecule has 3 nitrogen and oxygen atoms in total. The van der Waals surface area contributed by atoms with Crippen molar-refractivity contribution in [2.45, 2.75) is 6.04 Å². The molecule has 0 aliphatic rings. The minimum Gasteiger partial charge on any atom is -0.249 e. The summed E-state index contributed by atoms with van der Waals surface area (Å²) in [4.78, 5) is 0. The van der Waals surface area contributed by atoms with E-state index in [0.29, 0.717) is 5.56 Å². The molecule has 0 aliphatic carbocycles. The molecule has 0 radical (unpaired) electrons. The van der Waals surface area contributed by atoms with Gasteiger partial charge in [-0.05, 0) is 5.56 Å². The van der Waals surface area contributed by atoms with Crippen LogP contribution in [0.3, 0.4) is 0 Å². The monoisotopic (exact) mass is 229 g/mol. The van der Waals surface area contributed by atoms with Gasteiger partial charge in [0.2, 0.25) is 10.0 Å². The summed E-state index contributed by atoms with van der Waals surface area (Å²) in [6.45, 7) is 2.35. The standard InChI is InChI=1S/C10H12FNO2S/c1-2-15(13,14)12-10(8-11)9-6-4-3-5-7-9/h2-7,10,12H,1,8H2/t10-/m1/s1. The van der Waals surface area contributed by atoms with Gasteiger partial charge in [0.05, 0.1) is 6.04 Å². The van der Waals surface area contributed by atoms with Gasteiger partial charge in [0.15, 0.2) is 0 Å². The van der Waals surface area contributed by atoms with Crippen molar-refractivity contribution in [3.05, 3.63) is 47.9 Å². The second kappa shape index (κ2) is 5.04. The smallest absolute Gasteiger partial charge is 0.233 e. The molecule has 0 saturated heterocycles. The maximum absolute atomic E-state index is 12.6. The number of rotatable bonds is 5. The summed E-state index contributed by atoms with van der Waals surface area (Å²) in [5.74, 6) is 0. The van der Waals surface area contributed by atoms with E-state index >= 15 is 0 Å². The molecule has 1 aromatic carbocycles. The van der Waals surface area contributed by atoms with E-state index in [2.05, 4.69) is 11.3 Å². The van der Waals surface area contributed by atoms with E-state index in [9.17, 15) is 12.8 Å². The Kier molecular flexibility index (Phi) is 3.99. The fourth-order valence-electron chi connectivity index (χ4n) is 1.12. The molecule has 0 spiro atoms. The lowest BCUT2D eigenvalue weighted by atomic mass is 10.1. The van der Waals surface area contributed by atoms with Crippen LogP contribution in [0.4, 0.5) is 4.39 Å². The van der Waals surface area contributed by atoms with Gasteiger partial charge in [0, 0.05) is 5.41 Å². The minimum atomic E-state index is -3.61. The van der Waals surface area contributed by atoms with Crippen molar-refractivity contribution >= 4 is 10.0 Å². The summed E-state index contributed by atoms with van der Waals surface area (Å²) in [6, 6.07) is 7.70. The molecule has 1 aromatic rings. The van der Waals surface area contributed by atoms with Gasteiger partial charge in [-0.2, -0.15) is 0 Å². The second-order valence-corrected chi connectivity index (χ2v) is 4.61. The molecule has 0 amide bonds. The van der Waals surface area contributed by atoms with Gasteiger partial charge < -0.3 is 0 Å². The molecule has 0 aromatic heterocycles. The molecule has 0 aliphatic heterocycles. The lowest BCUT2D eigenvalue weighted by Crippen LogP contribution is -2.28. The van der Waals surface area contributed by atoms with Crippen molar-refractivity contribution in [2.24, 2.45) is 0 Å². The summed E-state index contributed by atoms with van der Waals surface area (Å²) in [6.07, 6.45) is 0. The Bertz CT molecular complexity index is 416. The Hall–Kier alpha value is -1.20. The third-order valence-corrected chi connectivity index (χ3v) is 2.93. The first-order valence-corrected chi connectivity index (χ1v) is 5.89. The quantitative estimate of drug-likeness (QED) is 0.836. The number of sulfonamides is 1. The first-order chi connectivity index (χ1) is 7.09. The van der Waals surface area contributed by atoms with Crippen LogP contribution >= 0.6 is 0 Å². The van der Waals surface area contributed by atoms with E-state index in [1.54, 1.807) is 30.3 Å². The van der Waals surface area contributed by atoms with E-state index in [1.165, 1.54) is 0 Å². The molecule has 15 heavy (non-hydrogen) atoms. The molecule has 1 atom stereocenters. The number of alkyl halides is 1. The molecule has 1 N–H and O–H groups in total. The van der Waals surface area contributed by atoms with Gasteiger partial charge in [-0.25, -0.2) is 17.5 Å². The molecule has 0 fully saturated rings. The SMILES string of the molecule is C=CS(=O)(=O)N[C@H](CF)c1ccccc1. The highest BCUT2D eigenvalue weighted by molar-refractivity contribution is 7.92. The van der Waals surface area contributed by atoms with E-state index in [-0.39, 0.29) is 0 Å². The zero-order valence-corrected chi connectivity index (χ0v) is 8.87. The molecule has 0 unspecified atom stereocenters. The van der Waals surface area contributed by atoms with Crippen molar-refractivity contribution in [3.8, 4) is 0 Å². The normalized spacial score (nSPS) is 13.4. The zero-order valence-electron chi connectivity index (χ0n) is 8.06. The topological polar surface area (TPSA) is 46.2 Å². The summed E-state index contributed by atoms with van der Waals surface area (Å²) in [7, 11) is -3.61. The number of hydrogen-bond acceptors (Lipinski definition) is 2. The average Bonchev–Trinajstić information content (AvgIpc) is 2.27. The van der Waals surface area contributed by atoms with Gasteiger partial charge in [-0.3, -0.25) is 0 Å². The zero-order chi connectivity index (χ0) is 11.3. The predicted octanol–water partition coefficient (Wildman–Crippen LogP) is 1.76. The van der Waals surface area contributed by atoms with Crippen LogP contribution in [-0.4, -0.2) is 15.1 Å². The van der Waals surface area contributed by atoms with Crippen molar-refractivity contribution < 1.29 is 12.8 Å². The number of halogens is 1. The van der Waals surface area contributed by atoms with Gasteiger partial charge in [-0.15, -0.1) is 0 Å². The molecule has 1 rings (SSSR count). The third kappa shape index (κ3) is 3.45. The highest BCUT2D eigenvalue weighted by Crippen LogP contribution is 2.14. The minimum absolute atomic E-state index is 0.588. The van der Waals surface area contributed by atoms with Crippen LogP contribution in [0.15, 0.2) is 42.3 Å². The van der Waals surface area contributed by atoms with Crippen LogP contribution in [0.5, 0.6) is 0 Å². The highest BCUT2D eigenvalue weighted by atomic mass is 32.2. The molecule has 82 valence electrons. The lowest BCUT2D eigenvalue weighted by Gasteiger charge is -2.13. The summed E-state index contributed by atoms with van der Waals surface area (Å²) >= 11 is 0. The van der Waals surface area contributed by atoms with E-state index in [4.69, 9.17) is 0 Å². The van der Waals surface area contributed by atoms with E-state index < -0.39 is 22.7 Å². The largest absolute Gasteiger partial charge is 0.249 e. The maximum atomic E-state index is 12.6. The average molecular weight is 229 g/mol. The van der Waals surface area contributed by atoms with Crippen molar-refractivity contribution in [1.82, 2.24) is 4.72 Å². The summed E-state index contributed by atoms with van der Waals surface area (Å²) < 4.78 is 37.1.